The SMILES string of the molecule is CC(C)C(=O)N1CCC(C(=O)NCCCOc2ccccc2)CC1. The predicted octanol–water partition coefficient (Wildman–Crippen LogP) is 2.47. The molecule has 0 saturated carbocycles. The number of rotatable bonds is 7. The van der Waals surface area contributed by atoms with Crippen molar-refractivity contribution in [2.45, 2.75) is 33.1 Å². The highest BCUT2D eigenvalue weighted by molar-refractivity contribution is 5.80. The van der Waals surface area contributed by atoms with Gasteiger partial charge in [-0.05, 0) is 31.4 Å². The van der Waals surface area contributed by atoms with Crippen molar-refractivity contribution in [1.29, 1.82) is 0 Å². The van der Waals surface area contributed by atoms with Crippen molar-refractivity contribution < 1.29 is 14.3 Å². The van der Waals surface area contributed by atoms with Gasteiger partial charge in [0.2, 0.25) is 11.8 Å². The molecule has 5 nitrogen and oxygen atoms in total. The van der Waals surface area contributed by atoms with Gasteiger partial charge in [0, 0.05) is 31.5 Å². The van der Waals surface area contributed by atoms with Gasteiger partial charge >= 0.3 is 0 Å². The first-order chi connectivity index (χ1) is 11.6. The van der Waals surface area contributed by atoms with E-state index < -0.39 is 0 Å². The molecule has 2 amide bonds. The summed E-state index contributed by atoms with van der Waals surface area (Å²) in [7, 11) is 0. The van der Waals surface area contributed by atoms with E-state index in [4.69, 9.17) is 4.74 Å². The maximum absolute atomic E-state index is 12.2. The highest BCUT2D eigenvalue weighted by atomic mass is 16.5. The van der Waals surface area contributed by atoms with Gasteiger partial charge in [0.25, 0.3) is 0 Å². The largest absolute Gasteiger partial charge is 0.494 e. The van der Waals surface area contributed by atoms with Gasteiger partial charge in [0.05, 0.1) is 6.61 Å². The van der Waals surface area contributed by atoms with Crippen molar-refractivity contribution in [1.82, 2.24) is 10.2 Å². The Bertz CT molecular complexity index is 523. The van der Waals surface area contributed by atoms with E-state index in [0.29, 0.717) is 26.2 Å². The summed E-state index contributed by atoms with van der Waals surface area (Å²) in [5.74, 6) is 1.19. The van der Waals surface area contributed by atoms with Gasteiger partial charge < -0.3 is 15.0 Å². The van der Waals surface area contributed by atoms with Gasteiger partial charge in [-0.3, -0.25) is 9.59 Å². The molecule has 1 saturated heterocycles. The Hall–Kier alpha value is -2.04. The van der Waals surface area contributed by atoms with Gasteiger partial charge in [-0.25, -0.2) is 0 Å². The number of ether oxygens (including phenoxy) is 1. The number of carbonyl (C=O) groups excluding carboxylic acids is 2. The molecule has 5 heteroatoms. The van der Waals surface area contributed by atoms with Crippen LogP contribution >= 0.6 is 0 Å². The van der Waals surface area contributed by atoms with Crippen molar-refractivity contribution >= 4 is 11.8 Å². The molecule has 1 aliphatic heterocycles. The molecule has 0 atom stereocenters. The second kappa shape index (κ2) is 9.30. The quantitative estimate of drug-likeness (QED) is 0.780. The number of nitrogens with one attached hydrogen (secondary N) is 1. The monoisotopic (exact) mass is 332 g/mol. The lowest BCUT2D eigenvalue weighted by atomic mass is 9.95. The third kappa shape index (κ3) is 5.55. The molecule has 1 aromatic carbocycles. The van der Waals surface area contributed by atoms with Crippen molar-refractivity contribution in [3.63, 3.8) is 0 Å². The molecular weight excluding hydrogens is 304 g/mol. The summed E-state index contributed by atoms with van der Waals surface area (Å²) < 4.78 is 5.60. The van der Waals surface area contributed by atoms with Crippen LogP contribution in [0.5, 0.6) is 5.75 Å². The van der Waals surface area contributed by atoms with Crippen LogP contribution < -0.4 is 10.1 Å². The minimum Gasteiger partial charge on any atom is -0.494 e. The van der Waals surface area contributed by atoms with E-state index in [9.17, 15) is 9.59 Å². The molecule has 0 radical (unpaired) electrons. The molecule has 1 fully saturated rings. The third-order valence-corrected chi connectivity index (χ3v) is 4.30. The van der Waals surface area contributed by atoms with E-state index in [1.807, 2.05) is 49.1 Å². The standard InChI is InChI=1S/C19H28N2O3/c1-15(2)19(23)21-12-9-16(10-13-21)18(22)20-11-6-14-24-17-7-4-3-5-8-17/h3-5,7-8,15-16H,6,9-14H2,1-2H3,(H,20,22). The first-order valence-electron chi connectivity index (χ1n) is 8.82. The van der Waals surface area contributed by atoms with E-state index >= 15 is 0 Å². The molecule has 1 aliphatic rings. The highest BCUT2D eigenvalue weighted by Gasteiger charge is 2.27. The minimum atomic E-state index is 0.0243. The third-order valence-electron chi connectivity index (χ3n) is 4.30. The zero-order valence-electron chi connectivity index (χ0n) is 14.7. The van der Waals surface area contributed by atoms with Crippen molar-refractivity contribution in [2.24, 2.45) is 11.8 Å². The van der Waals surface area contributed by atoms with Crippen LogP contribution in [0, 0.1) is 11.8 Å². The molecule has 0 aliphatic carbocycles. The molecule has 0 aromatic heterocycles. The smallest absolute Gasteiger partial charge is 0.225 e. The van der Waals surface area contributed by atoms with Crippen LogP contribution in [0.3, 0.4) is 0 Å². The van der Waals surface area contributed by atoms with E-state index in [-0.39, 0.29) is 23.7 Å². The summed E-state index contributed by atoms with van der Waals surface area (Å²) in [6.45, 7) is 6.41. The lowest BCUT2D eigenvalue weighted by Gasteiger charge is -2.32. The first-order valence-corrected chi connectivity index (χ1v) is 8.82. The molecule has 1 N–H and O–H groups in total. The number of nitrogens with zero attached hydrogens (tertiary/aromatic N) is 1. The van der Waals surface area contributed by atoms with Crippen molar-refractivity contribution in [2.75, 3.05) is 26.2 Å². The zero-order valence-corrected chi connectivity index (χ0v) is 14.7. The summed E-state index contributed by atoms with van der Waals surface area (Å²) in [6, 6.07) is 9.67. The number of piperidine rings is 1. The number of hydrogen-bond acceptors (Lipinski definition) is 3. The summed E-state index contributed by atoms with van der Waals surface area (Å²) in [4.78, 5) is 26.0. The maximum atomic E-state index is 12.2. The lowest BCUT2D eigenvalue weighted by molar-refractivity contribution is -0.138. The van der Waals surface area contributed by atoms with E-state index in [1.165, 1.54) is 0 Å². The Kier molecular flexibility index (Phi) is 7.09. The first kappa shape index (κ1) is 18.3. The summed E-state index contributed by atoms with van der Waals surface area (Å²) in [6.07, 6.45) is 2.29. The number of carbonyl (C=O) groups is 2. The Morgan fingerprint density at radius 1 is 1.21 bits per heavy atom. The molecule has 24 heavy (non-hydrogen) atoms. The Morgan fingerprint density at radius 3 is 2.50 bits per heavy atom. The molecule has 2 rings (SSSR count). The van der Waals surface area contributed by atoms with Crippen molar-refractivity contribution in [3.8, 4) is 5.75 Å². The molecule has 1 heterocycles. The highest BCUT2D eigenvalue weighted by Crippen LogP contribution is 2.19. The van der Waals surface area contributed by atoms with Gasteiger partial charge in [0.15, 0.2) is 0 Å². The second-order valence-corrected chi connectivity index (χ2v) is 6.56. The minimum absolute atomic E-state index is 0.0243. The lowest BCUT2D eigenvalue weighted by Crippen LogP contribution is -2.44. The summed E-state index contributed by atoms with van der Waals surface area (Å²) >= 11 is 0. The predicted molar refractivity (Wildman–Crippen MR) is 93.7 cm³/mol. The molecule has 1 aromatic rings. The zero-order chi connectivity index (χ0) is 17.4. The average molecular weight is 332 g/mol. The number of para-hydroxylation sites is 1. The molecular formula is C19H28N2O3. The van der Waals surface area contributed by atoms with E-state index in [1.54, 1.807) is 0 Å². The second-order valence-electron chi connectivity index (χ2n) is 6.56. The number of benzene rings is 1. The fourth-order valence-electron chi connectivity index (χ4n) is 2.86. The Morgan fingerprint density at radius 2 is 1.88 bits per heavy atom. The van der Waals surface area contributed by atoms with Crippen LogP contribution in [0.15, 0.2) is 30.3 Å². The molecule has 132 valence electrons. The fourth-order valence-corrected chi connectivity index (χ4v) is 2.86. The summed E-state index contributed by atoms with van der Waals surface area (Å²) in [5.41, 5.74) is 0. The Balaban J connectivity index is 1.59. The maximum Gasteiger partial charge on any atom is 0.225 e. The molecule has 0 unspecified atom stereocenters. The summed E-state index contributed by atoms with van der Waals surface area (Å²) in [5, 5.41) is 2.98. The van der Waals surface area contributed by atoms with Crippen LogP contribution in [0.2, 0.25) is 0 Å². The Labute approximate surface area is 144 Å². The van der Waals surface area contributed by atoms with Gasteiger partial charge in [-0.1, -0.05) is 32.0 Å². The number of hydrogen-bond donors (Lipinski definition) is 1. The molecule has 0 spiro atoms. The van der Waals surface area contributed by atoms with Crippen LogP contribution in [0.1, 0.15) is 33.1 Å². The number of amides is 2. The van der Waals surface area contributed by atoms with E-state index in [2.05, 4.69) is 5.32 Å². The van der Waals surface area contributed by atoms with Crippen LogP contribution in [0.25, 0.3) is 0 Å². The van der Waals surface area contributed by atoms with Crippen LogP contribution in [-0.2, 0) is 9.59 Å². The fraction of sp³-hybridized carbons (Fsp3) is 0.579. The normalized spacial score (nSPS) is 15.4. The van der Waals surface area contributed by atoms with Crippen LogP contribution in [-0.4, -0.2) is 43.0 Å². The molecule has 0 bridgehead atoms. The van der Waals surface area contributed by atoms with E-state index in [0.717, 1.165) is 25.0 Å². The number of likely N-dealkylation sites (tertiary alicyclic amines) is 1. The van der Waals surface area contributed by atoms with Crippen LogP contribution in [0.4, 0.5) is 0 Å². The average Bonchev–Trinajstić information content (AvgIpc) is 2.61. The van der Waals surface area contributed by atoms with Gasteiger partial charge in [0.1, 0.15) is 5.75 Å². The van der Waals surface area contributed by atoms with Gasteiger partial charge in [-0.15, -0.1) is 0 Å². The van der Waals surface area contributed by atoms with Crippen molar-refractivity contribution in [3.05, 3.63) is 30.3 Å². The van der Waals surface area contributed by atoms with Gasteiger partial charge in [-0.2, -0.15) is 0 Å². The topological polar surface area (TPSA) is 58.6 Å².